The summed E-state index contributed by atoms with van der Waals surface area (Å²) in [5.41, 5.74) is -0.850. The first-order chi connectivity index (χ1) is 16.6. The van der Waals surface area contributed by atoms with Gasteiger partial charge in [-0.1, -0.05) is 30.4 Å². The highest BCUT2D eigenvalue weighted by molar-refractivity contribution is 5.71. The molecule has 1 aliphatic carbocycles. The van der Waals surface area contributed by atoms with E-state index in [4.69, 9.17) is 4.74 Å². The molecule has 0 bridgehead atoms. The third-order valence-electron chi connectivity index (χ3n) is 5.69. The largest absolute Gasteiger partial charge is 0.491 e. The van der Waals surface area contributed by atoms with Gasteiger partial charge in [0.25, 0.3) is 0 Å². The van der Waals surface area contributed by atoms with Crippen LogP contribution in [0.15, 0.2) is 48.6 Å². The summed E-state index contributed by atoms with van der Waals surface area (Å²) in [7, 11) is 0. The van der Waals surface area contributed by atoms with Crippen molar-refractivity contribution in [1.29, 1.82) is 0 Å². The third-order valence-corrected chi connectivity index (χ3v) is 5.69. The number of halogens is 3. The number of rotatable bonds is 13. The normalized spacial score (nSPS) is 23.6. The minimum absolute atomic E-state index is 0.0244. The lowest BCUT2D eigenvalue weighted by molar-refractivity contribution is -0.145. The second-order valence-corrected chi connectivity index (χ2v) is 8.35. The predicted molar refractivity (Wildman–Crippen MR) is 120 cm³/mol. The van der Waals surface area contributed by atoms with Gasteiger partial charge in [0.15, 0.2) is 6.29 Å². The fourth-order valence-corrected chi connectivity index (χ4v) is 3.90. The van der Waals surface area contributed by atoms with Gasteiger partial charge in [0.05, 0.1) is 17.8 Å². The van der Waals surface area contributed by atoms with Gasteiger partial charge >= 0.3 is 12.1 Å². The lowest BCUT2D eigenvalue weighted by Gasteiger charge is -2.19. The Labute approximate surface area is 201 Å². The molecular weight excluding hydrogens is 469 g/mol. The summed E-state index contributed by atoms with van der Waals surface area (Å²) in [6.07, 6.45) is 2.08. The van der Waals surface area contributed by atoms with E-state index in [0.717, 1.165) is 12.1 Å². The number of unbranched alkanes of at least 4 members (excludes halogenated alkanes) is 1. The van der Waals surface area contributed by atoms with Crippen molar-refractivity contribution < 1.29 is 47.6 Å². The summed E-state index contributed by atoms with van der Waals surface area (Å²) < 4.78 is 48.3. The van der Waals surface area contributed by atoms with E-state index < -0.39 is 41.9 Å². The van der Waals surface area contributed by atoms with Crippen LogP contribution in [0.4, 0.5) is 13.2 Å². The molecule has 5 atom stereocenters. The number of carbonyl (C=O) groups excluding carboxylic acids is 2. The summed E-state index contributed by atoms with van der Waals surface area (Å²) in [4.78, 5) is 21.5. The molecule has 0 unspecified atom stereocenters. The fraction of sp³-hybridized carbons (Fsp3) is 0.520. The van der Waals surface area contributed by atoms with Crippen LogP contribution in [0.1, 0.15) is 37.7 Å². The molecule has 1 saturated carbocycles. The van der Waals surface area contributed by atoms with Gasteiger partial charge in [0.2, 0.25) is 0 Å². The number of carbonyl (C=O) groups is 2. The highest BCUT2D eigenvalue weighted by Gasteiger charge is 2.39. The summed E-state index contributed by atoms with van der Waals surface area (Å²) in [5, 5.41) is 30.8. The molecule has 35 heavy (non-hydrogen) atoms. The Morgan fingerprint density at radius 3 is 2.69 bits per heavy atom. The van der Waals surface area contributed by atoms with Crippen molar-refractivity contribution in [3.63, 3.8) is 0 Å². The minimum Gasteiger partial charge on any atom is -0.491 e. The Balaban J connectivity index is 1.82. The maximum absolute atomic E-state index is 12.8. The molecule has 7 nitrogen and oxygen atoms in total. The molecule has 2 rings (SSSR count). The Kier molecular flexibility index (Phi) is 11.4. The number of esters is 1. The van der Waals surface area contributed by atoms with E-state index >= 15 is 0 Å². The van der Waals surface area contributed by atoms with Crippen molar-refractivity contribution >= 4 is 12.3 Å². The molecule has 194 valence electrons. The Hall–Kier alpha value is -2.69. The second kappa shape index (κ2) is 14.0. The molecule has 0 aliphatic heterocycles. The lowest BCUT2D eigenvalue weighted by Crippen LogP contribution is -2.21. The van der Waals surface area contributed by atoms with Crippen molar-refractivity contribution in [1.82, 2.24) is 0 Å². The molecule has 1 aromatic rings. The first-order valence-electron chi connectivity index (χ1n) is 11.4. The Bertz CT molecular complexity index is 869. The number of aldehydes is 1. The number of aliphatic hydroxyl groups is 3. The van der Waals surface area contributed by atoms with Crippen LogP contribution in [0, 0.1) is 11.8 Å². The molecule has 1 fully saturated rings. The average molecular weight is 501 g/mol. The maximum Gasteiger partial charge on any atom is 0.416 e. The van der Waals surface area contributed by atoms with Gasteiger partial charge in [-0.2, -0.15) is 13.2 Å². The number of benzene rings is 1. The van der Waals surface area contributed by atoms with Gasteiger partial charge in [-0.25, -0.2) is 0 Å². The molecule has 0 heterocycles. The Morgan fingerprint density at radius 2 is 1.97 bits per heavy atom. The number of hydrogen-bond acceptors (Lipinski definition) is 7. The van der Waals surface area contributed by atoms with Crippen molar-refractivity contribution in [3.05, 3.63) is 54.1 Å². The maximum atomic E-state index is 12.8. The molecule has 0 saturated heterocycles. The molecule has 1 aliphatic rings. The SMILES string of the molecule is O=CCOC(=O)CCC/C=C\C[C@@H]1[C@@H](/C=C/[C@@H](O)COc2cccc(C(F)(F)F)c2)[C@H](O)C[C@@H]1O. The summed E-state index contributed by atoms with van der Waals surface area (Å²) in [6, 6.07) is 4.35. The highest BCUT2D eigenvalue weighted by Crippen LogP contribution is 2.36. The minimum atomic E-state index is -4.50. The smallest absolute Gasteiger partial charge is 0.416 e. The molecular formula is C25H31F3O7. The predicted octanol–water partition coefficient (Wildman–Crippen LogP) is 3.22. The molecule has 10 heteroatoms. The highest BCUT2D eigenvalue weighted by atomic mass is 19.4. The molecule has 3 N–H and O–H groups in total. The Morgan fingerprint density at radius 1 is 1.20 bits per heavy atom. The first kappa shape index (κ1) is 28.5. The van der Waals surface area contributed by atoms with Crippen molar-refractivity contribution in [2.45, 2.75) is 56.6 Å². The standard InChI is InChI=1S/C25H31F3O7/c26-25(27,28)17-6-5-7-19(14-17)35-16-18(30)10-11-21-20(22(31)15-23(21)32)8-3-1-2-4-9-24(33)34-13-12-29/h1,3,5-7,10-12,14,18,20-23,30-32H,2,4,8-9,13,15-16H2/b3-1-,11-10+/t18-,20-,21-,22+,23-/m1/s1. The van der Waals surface area contributed by atoms with Crippen LogP contribution in [0.3, 0.4) is 0 Å². The zero-order valence-electron chi connectivity index (χ0n) is 19.1. The third kappa shape index (κ3) is 9.83. The zero-order chi connectivity index (χ0) is 25.8. The number of hydrogen-bond donors (Lipinski definition) is 3. The van der Waals surface area contributed by atoms with E-state index in [2.05, 4.69) is 4.74 Å². The van der Waals surface area contributed by atoms with Gasteiger partial charge in [-0.05, 0) is 43.4 Å². The number of allylic oxidation sites excluding steroid dienone is 2. The summed E-state index contributed by atoms with van der Waals surface area (Å²) in [5.74, 6) is -1.17. The van der Waals surface area contributed by atoms with Crippen LogP contribution in [0.5, 0.6) is 5.75 Å². The van der Waals surface area contributed by atoms with Crippen LogP contribution < -0.4 is 4.74 Å². The first-order valence-corrected chi connectivity index (χ1v) is 11.4. The van der Waals surface area contributed by atoms with Crippen molar-refractivity contribution in [2.75, 3.05) is 13.2 Å². The van der Waals surface area contributed by atoms with E-state index in [1.54, 1.807) is 6.08 Å². The molecule has 0 radical (unpaired) electrons. The van der Waals surface area contributed by atoms with Crippen molar-refractivity contribution in [3.8, 4) is 5.75 Å². The van der Waals surface area contributed by atoms with E-state index in [1.807, 2.05) is 12.2 Å². The monoisotopic (exact) mass is 500 g/mol. The molecule has 1 aromatic carbocycles. The van der Waals surface area contributed by atoms with Crippen LogP contribution in [0.25, 0.3) is 0 Å². The zero-order valence-corrected chi connectivity index (χ0v) is 19.1. The average Bonchev–Trinajstić information content (AvgIpc) is 3.08. The van der Waals surface area contributed by atoms with E-state index in [0.29, 0.717) is 25.5 Å². The number of alkyl halides is 3. The fourth-order valence-electron chi connectivity index (χ4n) is 3.90. The van der Waals surface area contributed by atoms with Crippen LogP contribution in [-0.2, 0) is 20.5 Å². The topological polar surface area (TPSA) is 113 Å². The van der Waals surface area contributed by atoms with E-state index in [9.17, 15) is 38.1 Å². The second-order valence-electron chi connectivity index (χ2n) is 8.35. The van der Waals surface area contributed by atoms with Crippen molar-refractivity contribution in [2.24, 2.45) is 11.8 Å². The van der Waals surface area contributed by atoms with Gasteiger partial charge in [0.1, 0.15) is 25.1 Å². The van der Waals surface area contributed by atoms with E-state index in [-0.39, 0.29) is 37.7 Å². The van der Waals surface area contributed by atoms with Crippen LogP contribution >= 0.6 is 0 Å². The number of ether oxygens (including phenoxy) is 2. The summed E-state index contributed by atoms with van der Waals surface area (Å²) >= 11 is 0. The quantitative estimate of drug-likeness (QED) is 0.165. The lowest BCUT2D eigenvalue weighted by atomic mass is 9.89. The van der Waals surface area contributed by atoms with E-state index in [1.165, 1.54) is 18.2 Å². The van der Waals surface area contributed by atoms with Crippen LogP contribution in [-0.4, -0.2) is 59.1 Å². The summed E-state index contributed by atoms with van der Waals surface area (Å²) in [6.45, 7) is -0.527. The van der Waals surface area contributed by atoms with Gasteiger partial charge in [-0.15, -0.1) is 0 Å². The molecule has 0 aromatic heterocycles. The molecule has 0 amide bonds. The van der Waals surface area contributed by atoms with Crippen LogP contribution in [0.2, 0.25) is 0 Å². The van der Waals surface area contributed by atoms with Gasteiger partial charge in [-0.3, -0.25) is 9.59 Å². The van der Waals surface area contributed by atoms with Gasteiger partial charge in [0, 0.05) is 18.8 Å². The van der Waals surface area contributed by atoms with Gasteiger partial charge < -0.3 is 24.8 Å². The number of aliphatic hydroxyl groups excluding tert-OH is 3. The molecule has 0 spiro atoms.